The molecule has 0 radical (unpaired) electrons. The highest BCUT2D eigenvalue weighted by molar-refractivity contribution is 7.18. The third-order valence-corrected chi connectivity index (χ3v) is 7.24. The second kappa shape index (κ2) is 7.67. The summed E-state index contributed by atoms with van der Waals surface area (Å²) >= 11 is 1.73. The minimum absolute atomic E-state index is 0.106. The van der Waals surface area contributed by atoms with Crippen LogP contribution in [0.3, 0.4) is 0 Å². The predicted octanol–water partition coefficient (Wildman–Crippen LogP) is 3.85. The van der Waals surface area contributed by atoms with Crippen LogP contribution < -0.4 is 15.4 Å². The van der Waals surface area contributed by atoms with Crippen LogP contribution in [0.5, 0.6) is 0 Å². The van der Waals surface area contributed by atoms with Crippen LogP contribution in [-0.2, 0) is 19.4 Å². The Hall–Kier alpha value is -2.60. The number of nitrogens with zero attached hydrogens (tertiary/aromatic N) is 4. The highest BCUT2D eigenvalue weighted by atomic mass is 32.1. The SMILES string of the molecule is C=CCn1c(N2CCN(c3ccccc3)CC2)nc2sc3c(c2c1=O)CCCC3. The molecule has 2 aromatic heterocycles. The first kappa shape index (κ1) is 18.4. The summed E-state index contributed by atoms with van der Waals surface area (Å²) in [4.78, 5) is 25.4. The molecule has 3 heterocycles. The van der Waals surface area contributed by atoms with Crippen LogP contribution in [0.4, 0.5) is 11.6 Å². The number of hydrogen-bond acceptors (Lipinski definition) is 5. The van der Waals surface area contributed by atoms with E-state index in [2.05, 4.69) is 40.6 Å². The minimum atomic E-state index is 0.106. The van der Waals surface area contributed by atoms with Gasteiger partial charge in [0.05, 0.1) is 5.39 Å². The van der Waals surface area contributed by atoms with Gasteiger partial charge in [-0.2, -0.15) is 0 Å². The van der Waals surface area contributed by atoms with Crippen molar-refractivity contribution < 1.29 is 0 Å². The van der Waals surface area contributed by atoms with Crippen molar-refractivity contribution in [3.8, 4) is 0 Å². The van der Waals surface area contributed by atoms with Crippen molar-refractivity contribution in [2.45, 2.75) is 32.2 Å². The van der Waals surface area contributed by atoms with Crippen molar-refractivity contribution in [3.05, 3.63) is 63.8 Å². The van der Waals surface area contributed by atoms with E-state index >= 15 is 0 Å². The highest BCUT2D eigenvalue weighted by Gasteiger charge is 2.25. The average Bonchev–Trinajstić information content (AvgIpc) is 3.15. The van der Waals surface area contributed by atoms with Gasteiger partial charge in [-0.3, -0.25) is 9.36 Å². The molecule has 2 aliphatic rings. The molecule has 0 unspecified atom stereocenters. The molecule has 5 rings (SSSR count). The molecule has 3 aromatic rings. The van der Waals surface area contributed by atoms with Gasteiger partial charge in [-0.1, -0.05) is 24.3 Å². The third-order valence-electron chi connectivity index (χ3n) is 6.05. The van der Waals surface area contributed by atoms with Gasteiger partial charge in [-0.05, 0) is 43.4 Å². The molecule has 0 saturated carbocycles. The maximum absolute atomic E-state index is 13.4. The number of hydrogen-bond donors (Lipinski definition) is 0. The first-order valence-corrected chi connectivity index (χ1v) is 11.3. The van der Waals surface area contributed by atoms with Crippen LogP contribution in [-0.4, -0.2) is 35.7 Å². The first-order chi connectivity index (χ1) is 14.3. The molecule has 0 bridgehead atoms. The van der Waals surface area contributed by atoms with Gasteiger partial charge in [-0.25, -0.2) is 4.98 Å². The molecule has 5 nitrogen and oxygen atoms in total. The quantitative estimate of drug-likeness (QED) is 0.617. The van der Waals surface area contributed by atoms with Crippen molar-refractivity contribution in [1.82, 2.24) is 9.55 Å². The Balaban J connectivity index is 1.50. The Labute approximate surface area is 174 Å². The van der Waals surface area contributed by atoms with Gasteiger partial charge in [0.2, 0.25) is 5.95 Å². The predicted molar refractivity (Wildman–Crippen MR) is 122 cm³/mol. The number of benzene rings is 1. The van der Waals surface area contributed by atoms with Crippen LogP contribution in [0.1, 0.15) is 23.3 Å². The third kappa shape index (κ3) is 3.25. The lowest BCUT2D eigenvalue weighted by Gasteiger charge is -2.37. The van der Waals surface area contributed by atoms with Crippen LogP contribution in [0.15, 0.2) is 47.8 Å². The van der Waals surface area contributed by atoms with Crippen LogP contribution in [0.25, 0.3) is 10.2 Å². The second-order valence-electron chi connectivity index (χ2n) is 7.82. The number of piperazine rings is 1. The zero-order valence-electron chi connectivity index (χ0n) is 16.6. The summed E-state index contributed by atoms with van der Waals surface area (Å²) in [6, 6.07) is 10.5. The van der Waals surface area contributed by atoms with Gasteiger partial charge in [0, 0.05) is 43.3 Å². The van der Waals surface area contributed by atoms with E-state index in [-0.39, 0.29) is 5.56 Å². The topological polar surface area (TPSA) is 41.4 Å². The van der Waals surface area contributed by atoms with Gasteiger partial charge in [0.25, 0.3) is 5.56 Å². The summed E-state index contributed by atoms with van der Waals surface area (Å²) in [5.74, 6) is 0.800. The van der Waals surface area contributed by atoms with Crippen molar-refractivity contribution in [3.63, 3.8) is 0 Å². The zero-order valence-corrected chi connectivity index (χ0v) is 17.5. The van der Waals surface area contributed by atoms with Gasteiger partial charge in [0.15, 0.2) is 0 Å². The normalized spacial score (nSPS) is 16.8. The van der Waals surface area contributed by atoms with Crippen LogP contribution >= 0.6 is 11.3 Å². The Morgan fingerprint density at radius 1 is 1.03 bits per heavy atom. The van der Waals surface area contributed by atoms with E-state index in [1.807, 2.05) is 10.6 Å². The number of allylic oxidation sites excluding steroid dienone is 1. The summed E-state index contributed by atoms with van der Waals surface area (Å²) in [5, 5.41) is 0.859. The fourth-order valence-corrected chi connectivity index (χ4v) is 5.81. The molecule has 1 aromatic carbocycles. The number of aryl methyl sites for hydroxylation is 2. The summed E-state index contributed by atoms with van der Waals surface area (Å²) in [5.41, 5.74) is 2.62. The number of thiophene rings is 1. The van der Waals surface area contributed by atoms with E-state index in [0.717, 1.165) is 55.2 Å². The number of para-hydroxylation sites is 1. The molecule has 1 saturated heterocycles. The van der Waals surface area contributed by atoms with Crippen molar-refractivity contribution in [2.24, 2.45) is 0 Å². The van der Waals surface area contributed by atoms with Crippen LogP contribution in [0, 0.1) is 0 Å². The zero-order chi connectivity index (χ0) is 19.8. The molecule has 0 N–H and O–H groups in total. The maximum Gasteiger partial charge on any atom is 0.264 e. The molecular weight excluding hydrogens is 380 g/mol. The lowest BCUT2D eigenvalue weighted by atomic mass is 9.97. The van der Waals surface area contributed by atoms with Crippen molar-refractivity contribution in [1.29, 1.82) is 0 Å². The van der Waals surface area contributed by atoms with Crippen molar-refractivity contribution >= 4 is 33.2 Å². The molecule has 150 valence electrons. The van der Waals surface area contributed by atoms with E-state index in [1.165, 1.54) is 29.0 Å². The molecule has 0 spiro atoms. The van der Waals surface area contributed by atoms with Gasteiger partial charge in [0.1, 0.15) is 4.83 Å². The van der Waals surface area contributed by atoms with Crippen molar-refractivity contribution in [2.75, 3.05) is 36.0 Å². The van der Waals surface area contributed by atoms with E-state index < -0.39 is 0 Å². The highest BCUT2D eigenvalue weighted by Crippen LogP contribution is 2.34. The number of fused-ring (bicyclic) bond motifs is 3. The Kier molecular flexibility index (Phi) is 4.87. The Bertz CT molecular complexity index is 1090. The monoisotopic (exact) mass is 406 g/mol. The minimum Gasteiger partial charge on any atom is -0.368 e. The summed E-state index contributed by atoms with van der Waals surface area (Å²) in [6.45, 7) is 7.94. The molecule has 1 aliphatic carbocycles. The number of anilines is 2. The Morgan fingerprint density at radius 3 is 2.52 bits per heavy atom. The summed E-state index contributed by atoms with van der Waals surface area (Å²) in [6.07, 6.45) is 6.28. The summed E-state index contributed by atoms with van der Waals surface area (Å²) < 4.78 is 1.83. The molecule has 1 fully saturated rings. The first-order valence-electron chi connectivity index (χ1n) is 10.5. The molecule has 6 heteroatoms. The smallest absolute Gasteiger partial charge is 0.264 e. The van der Waals surface area contributed by atoms with Gasteiger partial charge >= 0.3 is 0 Å². The molecule has 0 atom stereocenters. The van der Waals surface area contributed by atoms with Crippen LogP contribution in [0.2, 0.25) is 0 Å². The maximum atomic E-state index is 13.4. The largest absolute Gasteiger partial charge is 0.368 e. The average molecular weight is 407 g/mol. The van der Waals surface area contributed by atoms with E-state index in [0.29, 0.717) is 6.54 Å². The molecular formula is C23H26N4OS. The molecule has 29 heavy (non-hydrogen) atoms. The lowest BCUT2D eigenvalue weighted by Crippen LogP contribution is -2.48. The summed E-state index contributed by atoms with van der Waals surface area (Å²) in [7, 11) is 0. The van der Waals surface area contributed by atoms with E-state index in [1.54, 1.807) is 17.4 Å². The number of rotatable bonds is 4. The standard InChI is InChI=1S/C23H26N4OS/c1-2-12-27-22(28)20-18-10-6-7-11-19(18)29-21(20)24-23(27)26-15-13-25(14-16-26)17-8-4-3-5-9-17/h2-5,8-9H,1,6-7,10-16H2. The van der Waals surface area contributed by atoms with E-state index in [4.69, 9.17) is 4.98 Å². The van der Waals surface area contributed by atoms with Gasteiger partial charge in [-0.15, -0.1) is 17.9 Å². The fraction of sp³-hybridized carbons (Fsp3) is 0.391. The van der Waals surface area contributed by atoms with Gasteiger partial charge < -0.3 is 9.80 Å². The van der Waals surface area contributed by atoms with E-state index in [9.17, 15) is 4.79 Å². The Morgan fingerprint density at radius 2 is 1.76 bits per heavy atom. The molecule has 0 amide bonds. The number of aromatic nitrogens is 2. The fourth-order valence-electron chi connectivity index (χ4n) is 4.57. The molecule has 1 aliphatic heterocycles. The second-order valence-corrected chi connectivity index (χ2v) is 8.90. The lowest BCUT2D eigenvalue weighted by molar-refractivity contribution is 0.615.